The third-order valence-corrected chi connectivity index (χ3v) is 4.40. The van der Waals surface area contributed by atoms with Gasteiger partial charge in [-0.05, 0) is 31.5 Å². The van der Waals surface area contributed by atoms with Crippen molar-refractivity contribution >= 4 is 5.69 Å². The number of hydrogen-bond acceptors (Lipinski definition) is 4. The van der Waals surface area contributed by atoms with Crippen LogP contribution < -0.4 is 10.1 Å². The summed E-state index contributed by atoms with van der Waals surface area (Å²) in [6.07, 6.45) is 1.99. The Bertz CT molecular complexity index is 528. The summed E-state index contributed by atoms with van der Waals surface area (Å²) in [5.74, 6) is 0.381. The van der Waals surface area contributed by atoms with Gasteiger partial charge in [-0.25, -0.2) is 0 Å². The van der Waals surface area contributed by atoms with Crippen LogP contribution in [0.3, 0.4) is 0 Å². The number of nitro benzene ring substituents is 1. The van der Waals surface area contributed by atoms with Gasteiger partial charge in [-0.15, -0.1) is 0 Å². The van der Waals surface area contributed by atoms with Crippen LogP contribution in [0.2, 0.25) is 0 Å². The monoisotopic (exact) mass is 292 g/mol. The maximum absolute atomic E-state index is 11.1. The summed E-state index contributed by atoms with van der Waals surface area (Å²) in [4.78, 5) is 10.7. The van der Waals surface area contributed by atoms with Gasteiger partial charge in [0.05, 0.1) is 4.92 Å². The summed E-state index contributed by atoms with van der Waals surface area (Å²) in [6, 6.07) is 5.42. The van der Waals surface area contributed by atoms with Crippen LogP contribution in [-0.4, -0.2) is 23.6 Å². The molecule has 5 heteroatoms. The molecule has 2 rings (SSSR count). The zero-order valence-corrected chi connectivity index (χ0v) is 13.2. The van der Waals surface area contributed by atoms with E-state index < -0.39 is 0 Å². The van der Waals surface area contributed by atoms with Gasteiger partial charge in [0.2, 0.25) is 0 Å². The van der Waals surface area contributed by atoms with E-state index in [4.69, 9.17) is 4.74 Å². The van der Waals surface area contributed by atoms with Crippen molar-refractivity contribution in [3.8, 4) is 5.75 Å². The van der Waals surface area contributed by atoms with Crippen LogP contribution in [0, 0.1) is 22.5 Å². The van der Waals surface area contributed by atoms with Crippen molar-refractivity contribution in [1.82, 2.24) is 5.32 Å². The van der Waals surface area contributed by atoms with Gasteiger partial charge < -0.3 is 10.1 Å². The lowest BCUT2D eigenvalue weighted by Crippen LogP contribution is -2.62. The summed E-state index contributed by atoms with van der Waals surface area (Å²) in [5, 5.41) is 14.6. The number of aryl methyl sites for hydroxylation is 1. The van der Waals surface area contributed by atoms with Crippen LogP contribution >= 0.6 is 0 Å². The third kappa shape index (κ3) is 3.18. The standard InChI is InChI=1S/C16H24N2O3/c1-5-8-17-14-10-15(16(14,3)4)21-13-9-11(2)6-7-12(13)18(19)20/h6-7,9,14-15,17H,5,8,10H2,1-4H3. The molecule has 1 aliphatic carbocycles. The number of hydrogen-bond donors (Lipinski definition) is 1. The molecule has 1 aromatic carbocycles. The summed E-state index contributed by atoms with van der Waals surface area (Å²) < 4.78 is 5.97. The number of ether oxygens (including phenoxy) is 1. The molecule has 0 heterocycles. The average Bonchev–Trinajstić information content (AvgIpc) is 2.41. The van der Waals surface area contributed by atoms with Crippen LogP contribution in [0.15, 0.2) is 18.2 Å². The Morgan fingerprint density at radius 2 is 2.19 bits per heavy atom. The second-order valence-electron chi connectivity index (χ2n) is 6.40. The first-order chi connectivity index (χ1) is 9.86. The van der Waals surface area contributed by atoms with Crippen molar-refractivity contribution in [2.75, 3.05) is 6.54 Å². The largest absolute Gasteiger partial charge is 0.483 e. The second kappa shape index (κ2) is 6.02. The zero-order valence-electron chi connectivity index (χ0n) is 13.2. The lowest BCUT2D eigenvalue weighted by Gasteiger charge is -2.51. The minimum atomic E-state index is -0.382. The van der Waals surface area contributed by atoms with Gasteiger partial charge in [-0.1, -0.05) is 26.8 Å². The van der Waals surface area contributed by atoms with Crippen LogP contribution in [0.4, 0.5) is 5.69 Å². The number of nitrogens with one attached hydrogen (secondary N) is 1. The molecule has 0 spiro atoms. The van der Waals surface area contributed by atoms with Crippen LogP contribution in [0.25, 0.3) is 0 Å². The van der Waals surface area contributed by atoms with E-state index in [0.717, 1.165) is 24.9 Å². The van der Waals surface area contributed by atoms with E-state index in [0.29, 0.717) is 11.8 Å². The highest BCUT2D eigenvalue weighted by Crippen LogP contribution is 2.44. The topological polar surface area (TPSA) is 64.4 Å². The highest BCUT2D eigenvalue weighted by molar-refractivity contribution is 5.48. The Morgan fingerprint density at radius 1 is 1.48 bits per heavy atom. The molecule has 1 N–H and O–H groups in total. The predicted molar refractivity (Wildman–Crippen MR) is 82.7 cm³/mol. The fourth-order valence-electron chi connectivity index (χ4n) is 2.77. The normalized spacial score (nSPS) is 23.4. The van der Waals surface area contributed by atoms with Crippen LogP contribution in [0.1, 0.15) is 39.2 Å². The van der Waals surface area contributed by atoms with E-state index in [1.807, 2.05) is 6.92 Å². The van der Waals surface area contributed by atoms with Gasteiger partial charge in [-0.3, -0.25) is 10.1 Å². The molecule has 0 amide bonds. The second-order valence-corrected chi connectivity index (χ2v) is 6.40. The summed E-state index contributed by atoms with van der Waals surface area (Å²) in [5.41, 5.74) is 0.988. The quantitative estimate of drug-likeness (QED) is 0.644. The Balaban J connectivity index is 2.10. The van der Waals surface area contributed by atoms with Crippen molar-refractivity contribution in [2.45, 2.75) is 52.7 Å². The van der Waals surface area contributed by atoms with Crippen molar-refractivity contribution in [3.05, 3.63) is 33.9 Å². The molecule has 1 aromatic rings. The third-order valence-electron chi connectivity index (χ3n) is 4.40. The van der Waals surface area contributed by atoms with Gasteiger partial charge in [0.25, 0.3) is 0 Å². The molecule has 0 aromatic heterocycles. The molecule has 1 saturated carbocycles. The molecule has 0 radical (unpaired) electrons. The van der Waals surface area contributed by atoms with E-state index in [1.165, 1.54) is 6.07 Å². The molecule has 116 valence electrons. The van der Waals surface area contributed by atoms with E-state index in [-0.39, 0.29) is 22.1 Å². The minimum absolute atomic E-state index is 0.00681. The zero-order chi connectivity index (χ0) is 15.6. The highest BCUT2D eigenvalue weighted by Gasteiger charge is 2.50. The Hall–Kier alpha value is -1.62. The first-order valence-electron chi connectivity index (χ1n) is 7.51. The van der Waals surface area contributed by atoms with Crippen molar-refractivity contribution in [3.63, 3.8) is 0 Å². The van der Waals surface area contributed by atoms with Crippen LogP contribution in [-0.2, 0) is 0 Å². The van der Waals surface area contributed by atoms with Crippen molar-refractivity contribution in [2.24, 2.45) is 5.41 Å². The van der Waals surface area contributed by atoms with Gasteiger partial charge in [-0.2, -0.15) is 0 Å². The first-order valence-corrected chi connectivity index (χ1v) is 7.51. The number of rotatable bonds is 6. The molecular weight excluding hydrogens is 268 g/mol. The fourth-order valence-corrected chi connectivity index (χ4v) is 2.77. The molecule has 21 heavy (non-hydrogen) atoms. The SMILES string of the molecule is CCCNC1CC(Oc2cc(C)ccc2[N+](=O)[O-])C1(C)C. The van der Waals surface area contributed by atoms with Crippen molar-refractivity contribution in [1.29, 1.82) is 0 Å². The van der Waals surface area contributed by atoms with E-state index in [2.05, 4.69) is 26.1 Å². The fraction of sp³-hybridized carbons (Fsp3) is 0.625. The van der Waals surface area contributed by atoms with E-state index in [9.17, 15) is 10.1 Å². The van der Waals surface area contributed by atoms with Crippen LogP contribution in [0.5, 0.6) is 5.75 Å². The van der Waals surface area contributed by atoms with Gasteiger partial charge in [0, 0.05) is 23.9 Å². The molecule has 1 aliphatic rings. The number of nitro groups is 1. The van der Waals surface area contributed by atoms with E-state index in [1.54, 1.807) is 12.1 Å². The van der Waals surface area contributed by atoms with Gasteiger partial charge in [0.1, 0.15) is 6.10 Å². The summed E-state index contributed by atoms with van der Waals surface area (Å²) in [6.45, 7) is 9.34. The molecular formula is C16H24N2O3. The molecule has 0 bridgehead atoms. The molecule has 0 aliphatic heterocycles. The maximum atomic E-state index is 11.1. The number of nitrogens with zero attached hydrogens (tertiary/aromatic N) is 1. The van der Waals surface area contributed by atoms with Crippen molar-refractivity contribution < 1.29 is 9.66 Å². The lowest BCUT2D eigenvalue weighted by molar-refractivity contribution is -0.386. The summed E-state index contributed by atoms with van der Waals surface area (Å²) in [7, 11) is 0. The minimum Gasteiger partial charge on any atom is -0.483 e. The average molecular weight is 292 g/mol. The van der Waals surface area contributed by atoms with Gasteiger partial charge in [0.15, 0.2) is 5.75 Å². The molecule has 5 nitrogen and oxygen atoms in total. The lowest BCUT2D eigenvalue weighted by atomic mass is 9.64. The van der Waals surface area contributed by atoms with E-state index >= 15 is 0 Å². The molecule has 1 fully saturated rings. The van der Waals surface area contributed by atoms with Gasteiger partial charge >= 0.3 is 5.69 Å². The highest BCUT2D eigenvalue weighted by atomic mass is 16.6. The molecule has 2 unspecified atom stereocenters. The molecule has 0 saturated heterocycles. The number of benzene rings is 1. The Kier molecular flexibility index (Phi) is 4.52. The molecule has 2 atom stereocenters. The Morgan fingerprint density at radius 3 is 2.76 bits per heavy atom. The Labute approximate surface area is 125 Å². The summed E-state index contributed by atoms with van der Waals surface area (Å²) >= 11 is 0. The predicted octanol–water partition coefficient (Wildman–Crippen LogP) is 3.45. The smallest absolute Gasteiger partial charge is 0.310 e. The maximum Gasteiger partial charge on any atom is 0.310 e. The first kappa shape index (κ1) is 15.8.